The molecule has 2 heterocycles. The highest BCUT2D eigenvalue weighted by Gasteiger charge is 2.16. The molecule has 0 fully saturated rings. The minimum atomic E-state index is -1.08. The molecule has 1 atom stereocenters. The van der Waals surface area contributed by atoms with Crippen molar-refractivity contribution in [2.45, 2.75) is 18.4 Å². The molecule has 0 radical (unpaired) electrons. The van der Waals surface area contributed by atoms with Crippen molar-refractivity contribution in [3.8, 4) is 11.5 Å². The number of nitrogens with one attached hydrogen (secondary N) is 1. The van der Waals surface area contributed by atoms with Crippen molar-refractivity contribution < 1.29 is 23.3 Å². The third-order valence-corrected chi connectivity index (χ3v) is 5.51. The summed E-state index contributed by atoms with van der Waals surface area (Å²) in [5.74, 6) is 1.63. The zero-order valence-corrected chi connectivity index (χ0v) is 17.7. The molecular weight excluding hydrogens is 416 g/mol. The summed E-state index contributed by atoms with van der Waals surface area (Å²) in [6.45, 7) is 1.60. The van der Waals surface area contributed by atoms with Crippen molar-refractivity contribution in [3.63, 3.8) is 0 Å². The molecule has 0 spiro atoms. The molecule has 4 rings (SSSR count). The summed E-state index contributed by atoms with van der Waals surface area (Å²) in [5, 5.41) is 12.7. The topological polar surface area (TPSA) is 102 Å². The van der Waals surface area contributed by atoms with Crippen LogP contribution in [-0.2, 0) is 17.4 Å². The van der Waals surface area contributed by atoms with Crippen LogP contribution in [0.15, 0.2) is 70.0 Å². The van der Waals surface area contributed by atoms with E-state index in [1.54, 1.807) is 60.9 Å². The maximum Gasteiger partial charge on any atom is 0.257 e. The van der Waals surface area contributed by atoms with E-state index in [0.29, 0.717) is 44.8 Å². The maximum atomic E-state index is 12.8. The molecule has 2 aromatic heterocycles. The molecule has 1 amide bonds. The van der Waals surface area contributed by atoms with Crippen molar-refractivity contribution in [2.75, 3.05) is 11.6 Å². The average molecular weight is 436 g/mol. The molecule has 0 aliphatic carbocycles. The summed E-state index contributed by atoms with van der Waals surface area (Å²) >= 11 is 0. The van der Waals surface area contributed by atoms with E-state index in [1.807, 2.05) is 13.0 Å². The van der Waals surface area contributed by atoms with Gasteiger partial charge in [-0.05, 0) is 61.5 Å². The summed E-state index contributed by atoms with van der Waals surface area (Å²) in [7, 11) is -1.08. The molecular formula is C23H20N2O5S. The number of amides is 1. The van der Waals surface area contributed by atoms with E-state index in [4.69, 9.17) is 9.15 Å². The van der Waals surface area contributed by atoms with Crippen LogP contribution < -0.4 is 10.1 Å². The van der Waals surface area contributed by atoms with E-state index >= 15 is 0 Å². The quantitative estimate of drug-likeness (QED) is 0.464. The molecule has 7 nitrogen and oxygen atoms in total. The molecule has 2 aromatic carbocycles. The number of carbonyl (C=O) groups excluding carboxylic acids is 1. The first-order valence-corrected chi connectivity index (χ1v) is 11.0. The highest BCUT2D eigenvalue weighted by atomic mass is 32.2. The number of aromatic nitrogens is 1. The fraction of sp³-hybridized carbons (Fsp3) is 0.130. The Hall–Kier alpha value is -3.49. The van der Waals surface area contributed by atoms with Gasteiger partial charge in [-0.25, -0.2) is 4.98 Å². The number of ether oxygens (including phenoxy) is 1. The second-order valence-corrected chi connectivity index (χ2v) is 8.28. The van der Waals surface area contributed by atoms with Gasteiger partial charge in [0.15, 0.2) is 0 Å². The highest BCUT2D eigenvalue weighted by Crippen LogP contribution is 2.34. The van der Waals surface area contributed by atoms with Gasteiger partial charge in [0.05, 0.1) is 17.7 Å². The molecule has 0 saturated heterocycles. The SMILES string of the molecule is Cc1cc2c(Oc3ccc(S(C)=O)cc3)cc(C(=O)Nc3cccc(CO)n3)cc2o1. The van der Waals surface area contributed by atoms with Gasteiger partial charge in [-0.1, -0.05) is 6.07 Å². The number of carbonyl (C=O) groups is 1. The van der Waals surface area contributed by atoms with Crippen molar-refractivity contribution >= 4 is 33.5 Å². The van der Waals surface area contributed by atoms with Crippen molar-refractivity contribution in [3.05, 3.63) is 77.7 Å². The third-order valence-electron chi connectivity index (χ3n) is 4.58. The Balaban J connectivity index is 1.67. The second kappa shape index (κ2) is 8.71. The lowest BCUT2D eigenvalue weighted by molar-refractivity contribution is 0.102. The van der Waals surface area contributed by atoms with Crippen LogP contribution in [0.5, 0.6) is 11.5 Å². The van der Waals surface area contributed by atoms with Crippen molar-refractivity contribution in [2.24, 2.45) is 0 Å². The zero-order valence-electron chi connectivity index (χ0n) is 16.9. The van der Waals surface area contributed by atoms with E-state index < -0.39 is 10.8 Å². The van der Waals surface area contributed by atoms with Gasteiger partial charge in [0.25, 0.3) is 5.91 Å². The summed E-state index contributed by atoms with van der Waals surface area (Å²) in [4.78, 5) is 17.7. The minimum Gasteiger partial charge on any atom is -0.461 e. The number of aliphatic hydroxyl groups excluding tert-OH is 1. The number of fused-ring (bicyclic) bond motifs is 1. The lowest BCUT2D eigenvalue weighted by Gasteiger charge is -2.10. The Kier molecular flexibility index (Phi) is 5.83. The number of aryl methyl sites for hydroxylation is 1. The lowest BCUT2D eigenvalue weighted by Crippen LogP contribution is -2.13. The van der Waals surface area contributed by atoms with Crippen LogP contribution in [0.2, 0.25) is 0 Å². The van der Waals surface area contributed by atoms with Crippen LogP contribution in [0.25, 0.3) is 11.0 Å². The number of aliphatic hydroxyl groups is 1. The van der Waals surface area contributed by atoms with E-state index in [0.717, 1.165) is 5.39 Å². The predicted molar refractivity (Wildman–Crippen MR) is 118 cm³/mol. The van der Waals surface area contributed by atoms with Gasteiger partial charge in [-0.3, -0.25) is 9.00 Å². The molecule has 1 unspecified atom stereocenters. The number of furan rings is 1. The van der Waals surface area contributed by atoms with Gasteiger partial charge in [0, 0.05) is 27.5 Å². The highest BCUT2D eigenvalue weighted by molar-refractivity contribution is 7.84. The Morgan fingerprint density at radius 2 is 1.94 bits per heavy atom. The molecule has 158 valence electrons. The zero-order chi connectivity index (χ0) is 22.0. The van der Waals surface area contributed by atoms with Crippen LogP contribution in [-0.4, -0.2) is 26.5 Å². The molecule has 31 heavy (non-hydrogen) atoms. The lowest BCUT2D eigenvalue weighted by atomic mass is 10.1. The number of hydrogen-bond acceptors (Lipinski definition) is 6. The van der Waals surface area contributed by atoms with E-state index in [-0.39, 0.29) is 12.5 Å². The molecule has 8 heteroatoms. The summed E-state index contributed by atoms with van der Waals surface area (Å²) in [6.07, 6.45) is 1.61. The van der Waals surface area contributed by atoms with E-state index in [9.17, 15) is 14.1 Å². The Morgan fingerprint density at radius 3 is 2.65 bits per heavy atom. The van der Waals surface area contributed by atoms with Crippen LogP contribution >= 0.6 is 0 Å². The standard InChI is InChI=1S/C23H20N2O5S/c1-14-10-19-20(29-14)11-15(23(27)25-22-5-3-4-16(13-26)24-22)12-21(19)30-17-6-8-18(9-7-17)31(2)28/h3-12,26H,13H2,1-2H3,(H,24,25,27). The van der Waals surface area contributed by atoms with E-state index in [2.05, 4.69) is 10.3 Å². The van der Waals surface area contributed by atoms with Crippen LogP contribution in [0.3, 0.4) is 0 Å². The number of rotatable bonds is 6. The van der Waals surface area contributed by atoms with Crippen LogP contribution in [0.4, 0.5) is 5.82 Å². The number of hydrogen-bond donors (Lipinski definition) is 2. The predicted octanol–water partition coefficient (Wildman–Crippen LogP) is 4.41. The van der Waals surface area contributed by atoms with E-state index in [1.165, 1.54) is 0 Å². The molecule has 2 N–H and O–H groups in total. The minimum absolute atomic E-state index is 0.219. The molecule has 0 aliphatic rings. The van der Waals surface area contributed by atoms with Gasteiger partial charge < -0.3 is 19.6 Å². The smallest absolute Gasteiger partial charge is 0.257 e. The molecule has 0 aliphatic heterocycles. The fourth-order valence-electron chi connectivity index (χ4n) is 3.10. The number of nitrogens with zero attached hydrogens (tertiary/aromatic N) is 1. The molecule has 0 bridgehead atoms. The molecule has 4 aromatic rings. The average Bonchev–Trinajstić information content (AvgIpc) is 3.14. The van der Waals surface area contributed by atoms with Crippen molar-refractivity contribution in [1.29, 1.82) is 0 Å². The Morgan fingerprint density at radius 1 is 1.16 bits per heavy atom. The summed E-state index contributed by atoms with van der Waals surface area (Å²) in [6, 6.07) is 17.1. The number of pyridine rings is 1. The fourth-order valence-corrected chi connectivity index (χ4v) is 3.62. The first kappa shape index (κ1) is 20.8. The number of benzene rings is 2. The van der Waals surface area contributed by atoms with Gasteiger partial charge >= 0.3 is 0 Å². The van der Waals surface area contributed by atoms with Gasteiger partial charge in [0.2, 0.25) is 0 Å². The Labute approximate surface area is 181 Å². The van der Waals surface area contributed by atoms with Crippen LogP contribution in [0.1, 0.15) is 21.8 Å². The maximum absolute atomic E-state index is 12.8. The number of anilines is 1. The first-order chi connectivity index (χ1) is 14.9. The normalized spacial score (nSPS) is 12.0. The molecule has 0 saturated carbocycles. The first-order valence-electron chi connectivity index (χ1n) is 9.46. The summed E-state index contributed by atoms with van der Waals surface area (Å²) < 4.78 is 23.4. The Bertz CT molecular complexity index is 1280. The second-order valence-electron chi connectivity index (χ2n) is 6.90. The third kappa shape index (κ3) is 4.65. The monoisotopic (exact) mass is 436 g/mol. The van der Waals surface area contributed by atoms with Crippen LogP contribution in [0, 0.1) is 6.92 Å². The van der Waals surface area contributed by atoms with Gasteiger partial charge in [-0.15, -0.1) is 0 Å². The van der Waals surface area contributed by atoms with Gasteiger partial charge in [-0.2, -0.15) is 0 Å². The van der Waals surface area contributed by atoms with Crippen molar-refractivity contribution in [1.82, 2.24) is 4.98 Å². The largest absolute Gasteiger partial charge is 0.461 e. The summed E-state index contributed by atoms with van der Waals surface area (Å²) in [5.41, 5.74) is 1.30. The van der Waals surface area contributed by atoms with Gasteiger partial charge in [0.1, 0.15) is 28.7 Å².